The van der Waals surface area contributed by atoms with Gasteiger partial charge in [-0.25, -0.2) is 4.79 Å². The van der Waals surface area contributed by atoms with Gasteiger partial charge in [0.05, 0.1) is 25.5 Å². The molecule has 0 aliphatic carbocycles. The van der Waals surface area contributed by atoms with Crippen molar-refractivity contribution in [3.63, 3.8) is 0 Å². The summed E-state index contributed by atoms with van der Waals surface area (Å²) >= 11 is 0. The van der Waals surface area contributed by atoms with Crippen molar-refractivity contribution in [3.05, 3.63) is 42.1 Å². The molecule has 0 spiro atoms. The number of aliphatic hydroxyl groups is 1. The molecule has 0 fully saturated rings. The van der Waals surface area contributed by atoms with Crippen LogP contribution < -0.4 is 15.0 Å². The number of amides is 2. The predicted octanol–water partition coefficient (Wildman–Crippen LogP) is 2.26. The molecule has 1 aromatic heterocycles. The molecular weight excluding hydrogens is 346 g/mol. The number of methoxy groups -OCH3 is 1. The van der Waals surface area contributed by atoms with Crippen molar-refractivity contribution in [2.75, 3.05) is 30.9 Å². The van der Waals surface area contributed by atoms with Crippen LogP contribution in [0.3, 0.4) is 0 Å². The molecule has 8 nitrogen and oxygen atoms in total. The van der Waals surface area contributed by atoms with Crippen LogP contribution in [0.25, 0.3) is 5.70 Å². The van der Waals surface area contributed by atoms with Crippen molar-refractivity contribution in [2.24, 2.45) is 7.05 Å². The number of nitrogens with zero attached hydrogens (tertiary/aromatic N) is 4. The first kappa shape index (κ1) is 18.8. The third-order valence-electron chi connectivity index (χ3n) is 4.57. The van der Waals surface area contributed by atoms with Gasteiger partial charge in [-0.05, 0) is 24.6 Å². The zero-order chi connectivity index (χ0) is 19.7. The largest absolute Gasteiger partial charge is 0.497 e. The van der Waals surface area contributed by atoms with E-state index >= 15 is 0 Å². The molecule has 2 aromatic rings. The Morgan fingerprint density at radius 1 is 1.30 bits per heavy atom. The van der Waals surface area contributed by atoms with Crippen LogP contribution in [-0.4, -0.2) is 52.4 Å². The molecular formula is C19H25N5O3. The van der Waals surface area contributed by atoms with Gasteiger partial charge in [-0.3, -0.25) is 9.80 Å². The third kappa shape index (κ3) is 3.48. The highest BCUT2D eigenvalue weighted by molar-refractivity contribution is 6.02. The van der Waals surface area contributed by atoms with Gasteiger partial charge in [0.2, 0.25) is 5.95 Å². The van der Waals surface area contributed by atoms with Crippen LogP contribution in [0.4, 0.5) is 16.6 Å². The maximum Gasteiger partial charge on any atom is 0.330 e. The lowest BCUT2D eigenvalue weighted by Crippen LogP contribution is -2.44. The van der Waals surface area contributed by atoms with E-state index in [1.165, 1.54) is 4.90 Å². The van der Waals surface area contributed by atoms with Crippen LogP contribution >= 0.6 is 0 Å². The molecule has 0 radical (unpaired) electrons. The van der Waals surface area contributed by atoms with E-state index < -0.39 is 6.10 Å². The van der Waals surface area contributed by atoms with Gasteiger partial charge in [0, 0.05) is 20.6 Å². The molecule has 0 saturated carbocycles. The SMILES string of the molecule is C=C1c2c(nc(NC[C@H](C)O)n2C)N(C)C(=O)N1Cc1ccc(OC)cc1. The van der Waals surface area contributed by atoms with Gasteiger partial charge in [0.25, 0.3) is 0 Å². The lowest BCUT2D eigenvalue weighted by Gasteiger charge is -2.34. The number of imidazole rings is 1. The molecule has 2 N–H and O–H groups in total. The van der Waals surface area contributed by atoms with Gasteiger partial charge >= 0.3 is 6.03 Å². The van der Waals surface area contributed by atoms with Crippen LogP contribution in [0, 0.1) is 0 Å². The molecule has 0 bridgehead atoms. The molecule has 0 unspecified atom stereocenters. The summed E-state index contributed by atoms with van der Waals surface area (Å²) in [7, 11) is 5.17. The van der Waals surface area contributed by atoms with E-state index in [1.54, 1.807) is 26.0 Å². The Bertz CT molecular complexity index is 857. The molecule has 2 heterocycles. The second kappa shape index (κ2) is 7.32. The summed E-state index contributed by atoms with van der Waals surface area (Å²) < 4.78 is 7.03. The number of hydrogen-bond acceptors (Lipinski definition) is 5. The fourth-order valence-corrected chi connectivity index (χ4v) is 3.03. The van der Waals surface area contributed by atoms with E-state index in [4.69, 9.17) is 4.74 Å². The molecule has 144 valence electrons. The Hall–Kier alpha value is -3.00. The Morgan fingerprint density at radius 2 is 1.96 bits per heavy atom. The number of benzene rings is 1. The number of aliphatic hydroxyl groups excluding tert-OH is 1. The predicted molar refractivity (Wildman–Crippen MR) is 105 cm³/mol. The van der Waals surface area contributed by atoms with Crippen molar-refractivity contribution in [1.29, 1.82) is 0 Å². The highest BCUT2D eigenvalue weighted by Crippen LogP contribution is 2.36. The van der Waals surface area contributed by atoms with Crippen molar-refractivity contribution in [3.8, 4) is 5.75 Å². The van der Waals surface area contributed by atoms with Crippen molar-refractivity contribution < 1.29 is 14.6 Å². The van der Waals surface area contributed by atoms with E-state index in [0.29, 0.717) is 30.6 Å². The first-order valence-electron chi connectivity index (χ1n) is 8.69. The number of hydrogen-bond donors (Lipinski definition) is 2. The number of carbonyl (C=O) groups is 1. The number of anilines is 2. The minimum Gasteiger partial charge on any atom is -0.497 e. The summed E-state index contributed by atoms with van der Waals surface area (Å²) in [6.07, 6.45) is -0.507. The number of aromatic nitrogens is 2. The Morgan fingerprint density at radius 3 is 2.56 bits per heavy atom. The molecule has 2 amide bonds. The van der Waals surface area contributed by atoms with Crippen LogP contribution in [0.15, 0.2) is 30.8 Å². The first-order chi connectivity index (χ1) is 12.8. The lowest BCUT2D eigenvalue weighted by molar-refractivity contribution is 0.208. The fourth-order valence-electron chi connectivity index (χ4n) is 3.03. The van der Waals surface area contributed by atoms with Crippen LogP contribution in [-0.2, 0) is 13.6 Å². The highest BCUT2D eigenvalue weighted by Gasteiger charge is 2.35. The van der Waals surface area contributed by atoms with E-state index in [1.807, 2.05) is 35.9 Å². The zero-order valence-electron chi connectivity index (χ0n) is 16.1. The molecule has 8 heteroatoms. The number of ether oxygens (including phenoxy) is 1. The minimum absolute atomic E-state index is 0.191. The smallest absolute Gasteiger partial charge is 0.330 e. The minimum atomic E-state index is -0.507. The van der Waals surface area contributed by atoms with Crippen LogP contribution in [0.5, 0.6) is 5.75 Å². The summed E-state index contributed by atoms with van der Waals surface area (Å²) in [5.74, 6) is 1.89. The Labute approximate surface area is 158 Å². The Balaban J connectivity index is 1.89. The maximum absolute atomic E-state index is 12.9. The normalized spacial score (nSPS) is 15.0. The average Bonchev–Trinajstić information content (AvgIpc) is 2.99. The molecule has 27 heavy (non-hydrogen) atoms. The zero-order valence-corrected chi connectivity index (χ0v) is 16.1. The number of carbonyl (C=O) groups excluding carboxylic acids is 1. The monoisotopic (exact) mass is 371 g/mol. The Kier molecular flexibility index (Phi) is 5.09. The summed E-state index contributed by atoms with van der Waals surface area (Å²) in [6.45, 7) is 6.59. The van der Waals surface area contributed by atoms with Gasteiger partial charge in [-0.1, -0.05) is 18.7 Å². The standard InChI is InChI=1S/C19H25N5O3/c1-12(25)10-20-18-21-17-16(22(18)3)13(2)24(19(26)23(17)4)11-14-6-8-15(27-5)9-7-14/h6-9,12,25H,2,10-11H2,1,3-5H3,(H,20,21)/t12-/m0/s1. The summed E-state index contributed by atoms with van der Waals surface area (Å²) in [5.41, 5.74) is 2.32. The highest BCUT2D eigenvalue weighted by atomic mass is 16.5. The molecule has 1 aliphatic rings. The molecule has 3 rings (SSSR count). The van der Waals surface area contributed by atoms with Gasteiger partial charge in [-0.15, -0.1) is 0 Å². The van der Waals surface area contributed by atoms with Gasteiger partial charge in [-0.2, -0.15) is 4.98 Å². The van der Waals surface area contributed by atoms with E-state index in [0.717, 1.165) is 17.0 Å². The fraction of sp³-hybridized carbons (Fsp3) is 0.368. The molecule has 1 aromatic carbocycles. The number of nitrogens with one attached hydrogen (secondary N) is 1. The number of rotatable bonds is 6. The third-order valence-corrected chi connectivity index (χ3v) is 4.57. The quantitative estimate of drug-likeness (QED) is 0.814. The number of fused-ring (bicyclic) bond motifs is 1. The van der Waals surface area contributed by atoms with Gasteiger partial charge in [0.1, 0.15) is 11.4 Å². The molecule has 1 aliphatic heterocycles. The van der Waals surface area contributed by atoms with Gasteiger partial charge in [0.15, 0.2) is 5.82 Å². The lowest BCUT2D eigenvalue weighted by atomic mass is 10.1. The van der Waals surface area contributed by atoms with Gasteiger partial charge < -0.3 is 19.7 Å². The second-order valence-corrected chi connectivity index (χ2v) is 6.62. The first-order valence-corrected chi connectivity index (χ1v) is 8.69. The van der Waals surface area contributed by atoms with Crippen molar-refractivity contribution >= 4 is 23.5 Å². The van der Waals surface area contributed by atoms with E-state index in [9.17, 15) is 9.90 Å². The van der Waals surface area contributed by atoms with E-state index in [2.05, 4.69) is 16.9 Å². The van der Waals surface area contributed by atoms with Crippen molar-refractivity contribution in [2.45, 2.75) is 19.6 Å². The average molecular weight is 371 g/mol. The number of urea groups is 1. The van der Waals surface area contributed by atoms with Crippen LogP contribution in [0.1, 0.15) is 18.2 Å². The van der Waals surface area contributed by atoms with E-state index in [-0.39, 0.29) is 6.03 Å². The summed E-state index contributed by atoms with van der Waals surface area (Å²) in [6, 6.07) is 7.39. The van der Waals surface area contributed by atoms with Crippen LogP contribution in [0.2, 0.25) is 0 Å². The molecule has 1 atom stereocenters. The topological polar surface area (TPSA) is 82.9 Å². The summed E-state index contributed by atoms with van der Waals surface area (Å²) in [5, 5.41) is 12.6. The molecule has 0 saturated heterocycles. The second-order valence-electron chi connectivity index (χ2n) is 6.62. The summed E-state index contributed by atoms with van der Waals surface area (Å²) in [4.78, 5) is 20.5. The van der Waals surface area contributed by atoms with Crippen molar-refractivity contribution in [1.82, 2.24) is 14.5 Å². The maximum atomic E-state index is 12.9.